The van der Waals surface area contributed by atoms with E-state index in [-0.39, 0.29) is 0 Å². The molecule has 3 nitrogen and oxygen atoms in total. The molecule has 0 radical (unpaired) electrons. The van der Waals surface area contributed by atoms with Crippen LogP contribution in [0.1, 0.15) is 16.3 Å². The Labute approximate surface area is 112 Å². The molecule has 96 valence electrons. The number of para-hydroxylation sites is 1. The summed E-state index contributed by atoms with van der Waals surface area (Å²) < 4.78 is 0. The molecule has 0 aliphatic carbocycles. The number of hydrogen-bond acceptors (Lipinski definition) is 4. The Balaban J connectivity index is 2.06. The van der Waals surface area contributed by atoms with Gasteiger partial charge in [-0.15, -0.1) is 11.3 Å². The fourth-order valence-electron chi connectivity index (χ4n) is 1.97. The van der Waals surface area contributed by atoms with Crippen LogP contribution in [-0.4, -0.2) is 19.1 Å². The van der Waals surface area contributed by atoms with E-state index >= 15 is 0 Å². The zero-order valence-electron chi connectivity index (χ0n) is 11.1. The lowest BCUT2D eigenvalue weighted by atomic mass is 10.2. The van der Waals surface area contributed by atoms with Crippen LogP contribution in [0.15, 0.2) is 29.6 Å². The van der Waals surface area contributed by atoms with E-state index in [1.54, 1.807) is 11.3 Å². The molecule has 1 aromatic carbocycles. The van der Waals surface area contributed by atoms with Crippen molar-refractivity contribution in [3.8, 4) is 0 Å². The SMILES string of the molecule is CNCc1nc(CN(C)c2ccccc2C)cs1. The highest BCUT2D eigenvalue weighted by Crippen LogP contribution is 2.20. The molecule has 0 amide bonds. The van der Waals surface area contributed by atoms with Crippen molar-refractivity contribution >= 4 is 17.0 Å². The second-order valence-corrected chi connectivity index (χ2v) is 5.35. The summed E-state index contributed by atoms with van der Waals surface area (Å²) >= 11 is 1.72. The van der Waals surface area contributed by atoms with Crippen LogP contribution in [0.2, 0.25) is 0 Å². The Kier molecular flexibility index (Phi) is 4.33. The third-order valence-electron chi connectivity index (χ3n) is 2.85. The minimum atomic E-state index is 0.846. The van der Waals surface area contributed by atoms with Crippen LogP contribution in [0.3, 0.4) is 0 Å². The van der Waals surface area contributed by atoms with Gasteiger partial charge in [0.1, 0.15) is 5.01 Å². The second-order valence-electron chi connectivity index (χ2n) is 4.41. The molecule has 0 atom stereocenters. The smallest absolute Gasteiger partial charge is 0.107 e. The van der Waals surface area contributed by atoms with Gasteiger partial charge in [0.15, 0.2) is 0 Å². The Morgan fingerprint density at radius 3 is 2.83 bits per heavy atom. The van der Waals surface area contributed by atoms with Crippen molar-refractivity contribution < 1.29 is 0 Å². The standard InChI is InChI=1S/C14H19N3S/c1-11-6-4-5-7-13(11)17(3)9-12-10-18-14(16-12)8-15-2/h4-7,10,15H,8-9H2,1-3H3. The number of thiazole rings is 1. The molecule has 0 unspecified atom stereocenters. The largest absolute Gasteiger partial charge is 0.368 e. The van der Waals surface area contributed by atoms with Crippen molar-refractivity contribution in [2.75, 3.05) is 19.0 Å². The molecule has 1 heterocycles. The Bertz CT molecular complexity index is 507. The minimum absolute atomic E-state index is 0.846. The van der Waals surface area contributed by atoms with Crippen LogP contribution >= 0.6 is 11.3 Å². The molecule has 0 saturated heterocycles. The van der Waals surface area contributed by atoms with Gasteiger partial charge in [-0.05, 0) is 25.6 Å². The number of benzene rings is 1. The summed E-state index contributed by atoms with van der Waals surface area (Å²) in [5.41, 5.74) is 3.70. The zero-order valence-corrected chi connectivity index (χ0v) is 11.9. The molecule has 2 rings (SSSR count). The summed E-state index contributed by atoms with van der Waals surface area (Å²) in [6.45, 7) is 3.84. The first-order valence-corrected chi connectivity index (χ1v) is 6.93. The number of rotatable bonds is 5. The lowest BCUT2D eigenvalue weighted by Gasteiger charge is -2.20. The summed E-state index contributed by atoms with van der Waals surface area (Å²) in [6.07, 6.45) is 0. The van der Waals surface area contributed by atoms with Crippen molar-refractivity contribution in [1.82, 2.24) is 10.3 Å². The van der Waals surface area contributed by atoms with Crippen molar-refractivity contribution in [3.05, 3.63) is 45.9 Å². The van der Waals surface area contributed by atoms with Crippen LogP contribution in [-0.2, 0) is 13.1 Å². The van der Waals surface area contributed by atoms with Gasteiger partial charge in [0.25, 0.3) is 0 Å². The van der Waals surface area contributed by atoms with E-state index in [9.17, 15) is 0 Å². The number of nitrogens with one attached hydrogen (secondary N) is 1. The molecule has 18 heavy (non-hydrogen) atoms. The van der Waals surface area contributed by atoms with Gasteiger partial charge in [-0.3, -0.25) is 0 Å². The average Bonchev–Trinajstić information content (AvgIpc) is 2.77. The summed E-state index contributed by atoms with van der Waals surface area (Å²) in [4.78, 5) is 6.85. The van der Waals surface area contributed by atoms with Crippen LogP contribution in [0.5, 0.6) is 0 Å². The molecule has 0 aliphatic heterocycles. The molecule has 2 aromatic rings. The highest BCUT2D eigenvalue weighted by Gasteiger charge is 2.07. The Morgan fingerprint density at radius 1 is 1.33 bits per heavy atom. The Morgan fingerprint density at radius 2 is 2.11 bits per heavy atom. The normalized spacial score (nSPS) is 10.6. The molecule has 4 heteroatoms. The summed E-state index contributed by atoms with van der Waals surface area (Å²) in [6, 6.07) is 8.43. The van der Waals surface area contributed by atoms with Gasteiger partial charge in [-0.2, -0.15) is 0 Å². The van der Waals surface area contributed by atoms with Crippen LogP contribution < -0.4 is 10.2 Å². The van der Waals surface area contributed by atoms with Crippen LogP contribution in [0, 0.1) is 6.92 Å². The Hall–Kier alpha value is -1.39. The second kappa shape index (κ2) is 5.98. The van der Waals surface area contributed by atoms with E-state index in [0.717, 1.165) is 23.8 Å². The first kappa shape index (κ1) is 13.1. The number of aromatic nitrogens is 1. The van der Waals surface area contributed by atoms with Crippen molar-refractivity contribution in [3.63, 3.8) is 0 Å². The van der Waals surface area contributed by atoms with Gasteiger partial charge in [-0.1, -0.05) is 18.2 Å². The first-order valence-electron chi connectivity index (χ1n) is 6.05. The average molecular weight is 261 g/mol. The van der Waals surface area contributed by atoms with Crippen molar-refractivity contribution in [2.45, 2.75) is 20.0 Å². The molecule has 0 bridgehead atoms. The predicted molar refractivity (Wildman–Crippen MR) is 78.2 cm³/mol. The number of aryl methyl sites for hydroxylation is 1. The molecule has 0 saturated carbocycles. The molecule has 0 fully saturated rings. The van der Waals surface area contributed by atoms with Gasteiger partial charge in [0.05, 0.1) is 12.2 Å². The predicted octanol–water partition coefficient (Wildman–Crippen LogP) is 2.81. The fourth-order valence-corrected chi connectivity index (χ4v) is 2.77. The van der Waals surface area contributed by atoms with Crippen LogP contribution in [0.4, 0.5) is 5.69 Å². The summed E-state index contributed by atoms with van der Waals surface area (Å²) in [5.74, 6) is 0. The maximum absolute atomic E-state index is 4.61. The lowest BCUT2D eigenvalue weighted by molar-refractivity contribution is 0.797. The van der Waals surface area contributed by atoms with E-state index in [2.05, 4.69) is 58.8 Å². The van der Waals surface area contributed by atoms with E-state index in [4.69, 9.17) is 0 Å². The molecular formula is C14H19N3S. The summed E-state index contributed by atoms with van der Waals surface area (Å²) in [5, 5.41) is 6.41. The highest BCUT2D eigenvalue weighted by atomic mass is 32.1. The van der Waals surface area contributed by atoms with Crippen LogP contribution in [0.25, 0.3) is 0 Å². The third kappa shape index (κ3) is 3.09. The van der Waals surface area contributed by atoms with E-state index < -0.39 is 0 Å². The molecule has 1 aromatic heterocycles. The highest BCUT2D eigenvalue weighted by molar-refractivity contribution is 7.09. The van der Waals surface area contributed by atoms with E-state index in [1.165, 1.54) is 11.3 Å². The lowest BCUT2D eigenvalue weighted by Crippen LogP contribution is -2.17. The summed E-state index contributed by atoms with van der Waals surface area (Å²) in [7, 11) is 4.06. The first-order chi connectivity index (χ1) is 8.70. The van der Waals surface area contributed by atoms with Crippen molar-refractivity contribution in [2.24, 2.45) is 0 Å². The van der Waals surface area contributed by atoms with Gasteiger partial charge < -0.3 is 10.2 Å². The van der Waals surface area contributed by atoms with E-state index in [1.807, 2.05) is 7.05 Å². The van der Waals surface area contributed by atoms with Gasteiger partial charge >= 0.3 is 0 Å². The number of hydrogen-bond donors (Lipinski definition) is 1. The molecule has 0 spiro atoms. The van der Waals surface area contributed by atoms with Gasteiger partial charge in [0, 0.05) is 24.7 Å². The maximum Gasteiger partial charge on any atom is 0.107 e. The van der Waals surface area contributed by atoms with E-state index in [0.29, 0.717) is 0 Å². The zero-order chi connectivity index (χ0) is 13.0. The van der Waals surface area contributed by atoms with Gasteiger partial charge in [0.2, 0.25) is 0 Å². The minimum Gasteiger partial charge on any atom is -0.368 e. The molecular weight excluding hydrogens is 242 g/mol. The quantitative estimate of drug-likeness (QED) is 0.897. The number of anilines is 1. The maximum atomic E-state index is 4.61. The van der Waals surface area contributed by atoms with Crippen molar-refractivity contribution in [1.29, 1.82) is 0 Å². The third-order valence-corrected chi connectivity index (χ3v) is 3.75. The van der Waals surface area contributed by atoms with Gasteiger partial charge in [-0.25, -0.2) is 4.98 Å². The topological polar surface area (TPSA) is 28.2 Å². The fraction of sp³-hybridized carbons (Fsp3) is 0.357. The monoisotopic (exact) mass is 261 g/mol. The number of nitrogens with zero attached hydrogens (tertiary/aromatic N) is 2. The molecule has 1 N–H and O–H groups in total. The molecule has 0 aliphatic rings.